The molecule has 2 aromatic rings. The lowest BCUT2D eigenvalue weighted by Crippen LogP contribution is -2.36. The zero-order valence-electron chi connectivity index (χ0n) is 12.1. The van der Waals surface area contributed by atoms with Gasteiger partial charge in [-0.2, -0.15) is 0 Å². The van der Waals surface area contributed by atoms with Crippen LogP contribution in [-0.2, 0) is 6.54 Å². The fourth-order valence-electron chi connectivity index (χ4n) is 2.13. The van der Waals surface area contributed by atoms with E-state index in [0.717, 1.165) is 5.76 Å². The van der Waals surface area contributed by atoms with Gasteiger partial charge in [0.25, 0.3) is 0 Å². The lowest BCUT2D eigenvalue weighted by molar-refractivity contribution is 0.501. The third kappa shape index (κ3) is 3.84. The first-order valence-electron chi connectivity index (χ1n) is 6.70. The van der Waals surface area contributed by atoms with Gasteiger partial charge < -0.3 is 15.1 Å². The molecule has 0 bridgehead atoms. The Morgan fingerprint density at radius 1 is 1.30 bits per heavy atom. The standard InChI is InChI=1S/C16H20N2OS/c1-11-6-7-12(2)15(9-11)13(3)18-16(20)17-10-14-5-4-8-19-14/h4-9,13H,10H2,1-3H3,(H2,17,18,20). The van der Waals surface area contributed by atoms with Crippen molar-refractivity contribution in [3.05, 3.63) is 59.0 Å². The quantitative estimate of drug-likeness (QED) is 0.843. The van der Waals surface area contributed by atoms with Gasteiger partial charge >= 0.3 is 0 Å². The maximum absolute atomic E-state index is 5.32. The Labute approximate surface area is 125 Å². The number of aryl methyl sites for hydroxylation is 2. The Morgan fingerprint density at radius 2 is 2.10 bits per heavy atom. The van der Waals surface area contributed by atoms with Crippen molar-refractivity contribution in [1.29, 1.82) is 0 Å². The normalized spacial score (nSPS) is 11.9. The molecule has 0 amide bonds. The third-order valence-corrected chi connectivity index (χ3v) is 3.51. The Bertz CT molecular complexity index is 578. The summed E-state index contributed by atoms with van der Waals surface area (Å²) >= 11 is 5.32. The fraction of sp³-hybridized carbons (Fsp3) is 0.312. The summed E-state index contributed by atoms with van der Waals surface area (Å²) in [7, 11) is 0. The zero-order chi connectivity index (χ0) is 14.5. The van der Waals surface area contributed by atoms with E-state index in [-0.39, 0.29) is 6.04 Å². The van der Waals surface area contributed by atoms with Crippen molar-refractivity contribution >= 4 is 17.3 Å². The van der Waals surface area contributed by atoms with Crippen LogP contribution >= 0.6 is 12.2 Å². The van der Waals surface area contributed by atoms with E-state index in [4.69, 9.17) is 16.6 Å². The van der Waals surface area contributed by atoms with E-state index in [2.05, 4.69) is 49.6 Å². The van der Waals surface area contributed by atoms with Crippen molar-refractivity contribution < 1.29 is 4.42 Å². The Morgan fingerprint density at radius 3 is 2.80 bits per heavy atom. The van der Waals surface area contributed by atoms with Crippen molar-refractivity contribution in [1.82, 2.24) is 10.6 Å². The minimum atomic E-state index is 0.173. The number of hydrogen-bond acceptors (Lipinski definition) is 2. The largest absolute Gasteiger partial charge is 0.467 e. The molecular weight excluding hydrogens is 268 g/mol. The predicted molar refractivity (Wildman–Crippen MR) is 85.6 cm³/mol. The zero-order valence-corrected chi connectivity index (χ0v) is 12.9. The molecule has 0 aliphatic rings. The molecule has 0 saturated carbocycles. The van der Waals surface area contributed by atoms with Gasteiger partial charge in [0.1, 0.15) is 5.76 Å². The summed E-state index contributed by atoms with van der Waals surface area (Å²) in [4.78, 5) is 0. The molecule has 0 saturated heterocycles. The van der Waals surface area contributed by atoms with E-state index in [1.54, 1.807) is 6.26 Å². The van der Waals surface area contributed by atoms with Gasteiger partial charge in [-0.05, 0) is 56.2 Å². The monoisotopic (exact) mass is 288 g/mol. The fourth-order valence-corrected chi connectivity index (χ4v) is 2.38. The predicted octanol–water partition coefficient (Wildman–Crippen LogP) is 3.62. The molecule has 0 aliphatic heterocycles. The van der Waals surface area contributed by atoms with Gasteiger partial charge in [-0.25, -0.2) is 0 Å². The molecule has 0 spiro atoms. The van der Waals surface area contributed by atoms with Crippen LogP contribution in [0.1, 0.15) is 35.4 Å². The van der Waals surface area contributed by atoms with Gasteiger partial charge in [-0.15, -0.1) is 0 Å². The lowest BCUT2D eigenvalue weighted by atomic mass is 10.0. The van der Waals surface area contributed by atoms with E-state index in [9.17, 15) is 0 Å². The SMILES string of the molecule is Cc1ccc(C)c(C(C)NC(=S)NCc2ccco2)c1. The highest BCUT2D eigenvalue weighted by Gasteiger charge is 2.10. The smallest absolute Gasteiger partial charge is 0.167 e. The number of nitrogens with one attached hydrogen (secondary N) is 2. The molecule has 106 valence electrons. The molecular formula is C16H20N2OS. The summed E-state index contributed by atoms with van der Waals surface area (Å²) in [5.41, 5.74) is 3.80. The van der Waals surface area contributed by atoms with E-state index < -0.39 is 0 Å². The van der Waals surface area contributed by atoms with Gasteiger partial charge in [0.05, 0.1) is 18.8 Å². The van der Waals surface area contributed by atoms with Crippen LogP contribution in [-0.4, -0.2) is 5.11 Å². The Balaban J connectivity index is 1.91. The van der Waals surface area contributed by atoms with Crippen LogP contribution in [0.3, 0.4) is 0 Å². The Kier molecular flexibility index (Phi) is 4.79. The van der Waals surface area contributed by atoms with Gasteiger partial charge in [0, 0.05) is 0 Å². The van der Waals surface area contributed by atoms with E-state index in [0.29, 0.717) is 11.7 Å². The molecule has 4 heteroatoms. The molecule has 0 radical (unpaired) electrons. The first-order valence-corrected chi connectivity index (χ1v) is 7.11. The topological polar surface area (TPSA) is 37.2 Å². The van der Waals surface area contributed by atoms with Gasteiger partial charge in [0.2, 0.25) is 0 Å². The van der Waals surface area contributed by atoms with Crippen LogP contribution in [0.25, 0.3) is 0 Å². The first kappa shape index (κ1) is 14.6. The summed E-state index contributed by atoms with van der Waals surface area (Å²) in [5.74, 6) is 0.869. The summed E-state index contributed by atoms with van der Waals surface area (Å²) in [6.07, 6.45) is 1.66. The molecule has 2 N–H and O–H groups in total. The maximum atomic E-state index is 5.32. The number of thiocarbonyl (C=S) groups is 1. The van der Waals surface area contributed by atoms with E-state index >= 15 is 0 Å². The highest BCUT2D eigenvalue weighted by molar-refractivity contribution is 7.80. The highest BCUT2D eigenvalue weighted by Crippen LogP contribution is 2.18. The minimum Gasteiger partial charge on any atom is -0.467 e. The molecule has 0 aliphatic carbocycles. The van der Waals surface area contributed by atoms with Crippen molar-refractivity contribution in [2.45, 2.75) is 33.4 Å². The maximum Gasteiger partial charge on any atom is 0.167 e. The number of furan rings is 1. The van der Waals surface area contributed by atoms with Crippen molar-refractivity contribution in [2.24, 2.45) is 0 Å². The molecule has 1 unspecified atom stereocenters. The van der Waals surface area contributed by atoms with Gasteiger partial charge in [0.15, 0.2) is 5.11 Å². The molecule has 20 heavy (non-hydrogen) atoms. The summed E-state index contributed by atoms with van der Waals surface area (Å²) in [5, 5.41) is 7.09. The second-order valence-electron chi connectivity index (χ2n) is 4.99. The second kappa shape index (κ2) is 6.57. The first-order chi connectivity index (χ1) is 9.56. The van der Waals surface area contributed by atoms with E-state index in [1.165, 1.54) is 16.7 Å². The molecule has 0 fully saturated rings. The van der Waals surface area contributed by atoms with Crippen LogP contribution in [0.4, 0.5) is 0 Å². The minimum absolute atomic E-state index is 0.173. The number of hydrogen-bond donors (Lipinski definition) is 2. The average Bonchev–Trinajstić information content (AvgIpc) is 2.92. The second-order valence-corrected chi connectivity index (χ2v) is 5.40. The molecule has 1 atom stereocenters. The highest BCUT2D eigenvalue weighted by atomic mass is 32.1. The summed E-state index contributed by atoms with van der Waals surface area (Å²) in [6, 6.07) is 10.4. The molecule has 1 heterocycles. The van der Waals surface area contributed by atoms with Crippen LogP contribution in [0.2, 0.25) is 0 Å². The molecule has 3 nitrogen and oxygen atoms in total. The van der Waals surface area contributed by atoms with Crippen LogP contribution in [0.15, 0.2) is 41.0 Å². The van der Waals surface area contributed by atoms with E-state index in [1.807, 2.05) is 12.1 Å². The van der Waals surface area contributed by atoms with Crippen LogP contribution in [0.5, 0.6) is 0 Å². The molecule has 1 aromatic carbocycles. The summed E-state index contributed by atoms with van der Waals surface area (Å²) < 4.78 is 5.26. The van der Waals surface area contributed by atoms with Crippen molar-refractivity contribution in [3.8, 4) is 0 Å². The van der Waals surface area contributed by atoms with Crippen LogP contribution < -0.4 is 10.6 Å². The molecule has 2 rings (SSSR count). The van der Waals surface area contributed by atoms with Gasteiger partial charge in [-0.1, -0.05) is 23.8 Å². The van der Waals surface area contributed by atoms with Crippen molar-refractivity contribution in [3.63, 3.8) is 0 Å². The Hall–Kier alpha value is -1.81. The summed E-state index contributed by atoms with van der Waals surface area (Å²) in [6.45, 7) is 6.93. The van der Waals surface area contributed by atoms with Crippen molar-refractivity contribution in [2.75, 3.05) is 0 Å². The lowest BCUT2D eigenvalue weighted by Gasteiger charge is -2.19. The average molecular weight is 288 g/mol. The van der Waals surface area contributed by atoms with Crippen LogP contribution in [0, 0.1) is 13.8 Å². The number of rotatable bonds is 4. The van der Waals surface area contributed by atoms with Gasteiger partial charge in [-0.3, -0.25) is 0 Å². The number of benzene rings is 1. The third-order valence-electron chi connectivity index (χ3n) is 3.25. The molecule has 1 aromatic heterocycles.